The molecule has 0 bridgehead atoms. The van der Waals surface area contributed by atoms with Crippen LogP contribution in [0.3, 0.4) is 0 Å². The maximum absolute atomic E-state index is 8.97. The number of ether oxygens (including phenoxy) is 1. The highest BCUT2D eigenvalue weighted by Crippen LogP contribution is 2.27. The van der Waals surface area contributed by atoms with Crippen molar-refractivity contribution >= 4 is 15.9 Å². The van der Waals surface area contributed by atoms with Gasteiger partial charge >= 0.3 is 0 Å². The molecule has 100 valence electrons. The van der Waals surface area contributed by atoms with Crippen LogP contribution in [-0.2, 0) is 6.54 Å². The Kier molecular flexibility index (Phi) is 5.03. The molecule has 1 unspecified atom stereocenters. The molecule has 1 aliphatic heterocycles. The van der Waals surface area contributed by atoms with Crippen molar-refractivity contribution in [1.29, 1.82) is 0 Å². The van der Waals surface area contributed by atoms with E-state index in [1.807, 2.05) is 12.1 Å². The maximum Gasteiger partial charge on any atom is 0.119 e. The van der Waals surface area contributed by atoms with Gasteiger partial charge in [-0.05, 0) is 49.1 Å². The number of methoxy groups -OCH3 is 1. The Morgan fingerprint density at radius 1 is 1.50 bits per heavy atom. The van der Waals surface area contributed by atoms with Gasteiger partial charge in [-0.15, -0.1) is 0 Å². The molecule has 0 aromatic heterocycles. The van der Waals surface area contributed by atoms with E-state index in [2.05, 4.69) is 26.9 Å². The van der Waals surface area contributed by atoms with Gasteiger partial charge in [-0.2, -0.15) is 0 Å². The lowest BCUT2D eigenvalue weighted by atomic mass is 10.1. The van der Waals surface area contributed by atoms with Crippen LogP contribution in [0.15, 0.2) is 22.7 Å². The number of halogens is 1. The van der Waals surface area contributed by atoms with Gasteiger partial charge < -0.3 is 9.84 Å². The van der Waals surface area contributed by atoms with E-state index in [1.54, 1.807) is 7.11 Å². The first-order chi connectivity index (χ1) is 8.72. The number of hydrogen-bond donors (Lipinski definition) is 1. The lowest BCUT2D eigenvalue weighted by Crippen LogP contribution is -2.20. The summed E-state index contributed by atoms with van der Waals surface area (Å²) in [5.74, 6) is 1.55. The zero-order valence-electron chi connectivity index (χ0n) is 10.7. The molecule has 4 heteroatoms. The molecule has 0 spiro atoms. The van der Waals surface area contributed by atoms with Gasteiger partial charge in [-0.25, -0.2) is 0 Å². The summed E-state index contributed by atoms with van der Waals surface area (Å²) >= 11 is 3.59. The van der Waals surface area contributed by atoms with Crippen molar-refractivity contribution in [2.75, 3.05) is 26.8 Å². The largest absolute Gasteiger partial charge is 0.497 e. The van der Waals surface area contributed by atoms with Crippen LogP contribution in [0.4, 0.5) is 0 Å². The smallest absolute Gasteiger partial charge is 0.119 e. The molecule has 0 radical (unpaired) electrons. The van der Waals surface area contributed by atoms with E-state index in [-0.39, 0.29) is 0 Å². The normalized spacial score (nSPS) is 20.3. The summed E-state index contributed by atoms with van der Waals surface area (Å²) in [6, 6.07) is 6.09. The fourth-order valence-corrected chi connectivity index (χ4v) is 2.89. The van der Waals surface area contributed by atoms with Crippen LogP contribution in [0.1, 0.15) is 18.4 Å². The number of aliphatic hydroxyl groups is 1. The van der Waals surface area contributed by atoms with Gasteiger partial charge in [0, 0.05) is 24.2 Å². The number of nitrogens with zero attached hydrogens (tertiary/aromatic N) is 1. The molecule has 1 aromatic rings. The van der Waals surface area contributed by atoms with E-state index in [1.165, 1.54) is 12.0 Å². The average Bonchev–Trinajstić information content (AvgIpc) is 2.80. The molecule has 1 atom stereocenters. The van der Waals surface area contributed by atoms with Crippen LogP contribution < -0.4 is 4.74 Å². The third-order valence-corrected chi connectivity index (χ3v) is 4.33. The second-order valence-electron chi connectivity index (χ2n) is 4.86. The van der Waals surface area contributed by atoms with E-state index in [0.29, 0.717) is 12.5 Å². The molecular formula is C14H20BrNO2. The van der Waals surface area contributed by atoms with Crippen LogP contribution in [0.5, 0.6) is 5.75 Å². The second-order valence-corrected chi connectivity index (χ2v) is 5.71. The average molecular weight is 314 g/mol. The van der Waals surface area contributed by atoms with Crippen molar-refractivity contribution in [3.05, 3.63) is 28.2 Å². The van der Waals surface area contributed by atoms with Crippen LogP contribution in [0, 0.1) is 5.92 Å². The standard InChI is InChI=1S/C14H20BrNO2/c1-18-13-2-3-14(15)12(8-13)10-16-6-4-11(9-16)5-7-17/h2-3,8,11,17H,4-7,9-10H2,1H3. The first-order valence-corrected chi connectivity index (χ1v) is 7.18. The van der Waals surface area contributed by atoms with Gasteiger partial charge in [0.2, 0.25) is 0 Å². The van der Waals surface area contributed by atoms with Crippen molar-refractivity contribution < 1.29 is 9.84 Å². The Morgan fingerprint density at radius 2 is 2.33 bits per heavy atom. The molecule has 1 aliphatic rings. The van der Waals surface area contributed by atoms with Gasteiger partial charge in [0.05, 0.1) is 7.11 Å². The summed E-state index contributed by atoms with van der Waals surface area (Å²) in [5.41, 5.74) is 1.26. The highest BCUT2D eigenvalue weighted by molar-refractivity contribution is 9.10. The van der Waals surface area contributed by atoms with Crippen LogP contribution in [0.2, 0.25) is 0 Å². The Bertz CT molecular complexity index is 397. The van der Waals surface area contributed by atoms with Gasteiger partial charge in [0.15, 0.2) is 0 Å². The lowest BCUT2D eigenvalue weighted by molar-refractivity contribution is 0.249. The van der Waals surface area contributed by atoms with Crippen LogP contribution in [-0.4, -0.2) is 36.8 Å². The molecule has 1 N–H and O–H groups in total. The summed E-state index contributed by atoms with van der Waals surface area (Å²) in [4.78, 5) is 2.44. The summed E-state index contributed by atoms with van der Waals surface area (Å²) in [7, 11) is 1.69. The zero-order valence-corrected chi connectivity index (χ0v) is 12.3. The minimum absolute atomic E-state index is 0.307. The monoisotopic (exact) mass is 313 g/mol. The summed E-state index contributed by atoms with van der Waals surface area (Å²) < 4.78 is 6.39. The van der Waals surface area contributed by atoms with E-state index in [9.17, 15) is 0 Å². The van der Waals surface area contributed by atoms with E-state index >= 15 is 0 Å². The topological polar surface area (TPSA) is 32.7 Å². The molecule has 18 heavy (non-hydrogen) atoms. The number of rotatable bonds is 5. The first-order valence-electron chi connectivity index (χ1n) is 6.38. The third-order valence-electron chi connectivity index (χ3n) is 3.55. The van der Waals surface area contributed by atoms with E-state index < -0.39 is 0 Å². The van der Waals surface area contributed by atoms with Crippen LogP contribution >= 0.6 is 15.9 Å². The van der Waals surface area contributed by atoms with Gasteiger partial charge in [-0.3, -0.25) is 4.90 Å². The van der Waals surface area contributed by atoms with Gasteiger partial charge in [0.25, 0.3) is 0 Å². The second kappa shape index (κ2) is 6.55. The molecule has 2 rings (SSSR count). The maximum atomic E-state index is 8.97. The third kappa shape index (κ3) is 3.46. The van der Waals surface area contributed by atoms with E-state index in [4.69, 9.17) is 9.84 Å². The van der Waals surface area contributed by atoms with Crippen molar-refractivity contribution in [2.24, 2.45) is 5.92 Å². The molecule has 0 amide bonds. The molecule has 1 saturated heterocycles. The number of benzene rings is 1. The number of aliphatic hydroxyl groups excluding tert-OH is 1. The van der Waals surface area contributed by atoms with Gasteiger partial charge in [0.1, 0.15) is 5.75 Å². The molecular weight excluding hydrogens is 294 g/mol. The lowest BCUT2D eigenvalue weighted by Gasteiger charge is -2.17. The summed E-state index contributed by atoms with van der Waals surface area (Å²) in [5, 5.41) is 8.97. The Balaban J connectivity index is 1.97. The quantitative estimate of drug-likeness (QED) is 0.907. The van der Waals surface area contributed by atoms with Crippen molar-refractivity contribution in [2.45, 2.75) is 19.4 Å². The fourth-order valence-electron chi connectivity index (χ4n) is 2.51. The predicted octanol–water partition coefficient (Wildman–Crippen LogP) is 2.66. The first kappa shape index (κ1) is 13.8. The number of hydrogen-bond acceptors (Lipinski definition) is 3. The zero-order chi connectivity index (χ0) is 13.0. The van der Waals surface area contributed by atoms with Crippen molar-refractivity contribution in [3.8, 4) is 5.75 Å². The Morgan fingerprint density at radius 3 is 3.06 bits per heavy atom. The summed E-state index contributed by atoms with van der Waals surface area (Å²) in [6.45, 7) is 3.46. The van der Waals surface area contributed by atoms with Crippen molar-refractivity contribution in [1.82, 2.24) is 4.90 Å². The molecule has 1 fully saturated rings. The highest BCUT2D eigenvalue weighted by atomic mass is 79.9. The minimum atomic E-state index is 0.307. The molecule has 1 aromatic carbocycles. The Hall–Kier alpha value is -0.580. The van der Waals surface area contributed by atoms with Crippen molar-refractivity contribution in [3.63, 3.8) is 0 Å². The molecule has 0 saturated carbocycles. The Labute approximate surface area is 117 Å². The van der Waals surface area contributed by atoms with Gasteiger partial charge in [-0.1, -0.05) is 15.9 Å². The van der Waals surface area contributed by atoms with Crippen LogP contribution in [0.25, 0.3) is 0 Å². The predicted molar refractivity (Wildman–Crippen MR) is 75.8 cm³/mol. The molecule has 1 heterocycles. The number of likely N-dealkylation sites (tertiary alicyclic amines) is 1. The summed E-state index contributed by atoms with van der Waals surface area (Å²) in [6.07, 6.45) is 2.12. The SMILES string of the molecule is COc1ccc(Br)c(CN2CCC(CCO)C2)c1. The fraction of sp³-hybridized carbons (Fsp3) is 0.571. The molecule has 3 nitrogen and oxygen atoms in total. The minimum Gasteiger partial charge on any atom is -0.497 e. The van der Waals surface area contributed by atoms with E-state index in [0.717, 1.165) is 36.3 Å². The highest BCUT2D eigenvalue weighted by Gasteiger charge is 2.22. The molecule has 0 aliphatic carbocycles.